The van der Waals surface area contributed by atoms with E-state index in [0.29, 0.717) is 22.0 Å². The van der Waals surface area contributed by atoms with Crippen LogP contribution in [-0.2, 0) is 16.1 Å². The molecule has 0 bridgehead atoms. The second-order valence-electron chi connectivity index (χ2n) is 6.87. The first-order valence-electron chi connectivity index (χ1n) is 9.50. The molecule has 0 aliphatic heterocycles. The molecule has 2 aromatic carbocycles. The molecule has 3 rings (SSSR count). The molecule has 0 saturated carbocycles. The van der Waals surface area contributed by atoms with Crippen LogP contribution in [0.1, 0.15) is 18.1 Å². The number of ether oxygens (including phenoxy) is 1. The normalized spacial score (nSPS) is 12.0. The molecule has 0 aliphatic rings. The fourth-order valence-corrected chi connectivity index (χ4v) is 2.91. The Hall–Kier alpha value is -3.65. The van der Waals surface area contributed by atoms with Gasteiger partial charge in [0.2, 0.25) is 5.91 Å². The van der Waals surface area contributed by atoms with E-state index < -0.39 is 17.9 Å². The van der Waals surface area contributed by atoms with Crippen molar-refractivity contribution in [3.8, 4) is 17.0 Å². The highest BCUT2D eigenvalue weighted by atomic mass is 35.5. The number of hydrazone groups is 1. The maximum absolute atomic E-state index is 12.3. The van der Waals surface area contributed by atoms with Crippen molar-refractivity contribution in [1.82, 2.24) is 15.2 Å². The minimum absolute atomic E-state index is 0.0641. The standard InChI is InChI=1S/C22H22ClN5O3/c1-14-10-18(8-9-19(14)23)31-15(2)22(30)26-25-11-17-12-28(13-20(24)29)27-21(17)16-6-4-3-5-7-16/h3-12,15H,13H2,1-2H3,(H2,24,29)(H,26,30)/b25-11+. The zero-order valence-corrected chi connectivity index (χ0v) is 17.8. The molecular weight excluding hydrogens is 418 g/mol. The maximum Gasteiger partial charge on any atom is 0.280 e. The molecule has 31 heavy (non-hydrogen) atoms. The van der Waals surface area contributed by atoms with Crippen molar-refractivity contribution in [2.24, 2.45) is 10.8 Å². The molecule has 0 aliphatic carbocycles. The summed E-state index contributed by atoms with van der Waals surface area (Å²) in [5.41, 5.74) is 10.6. The molecule has 8 nitrogen and oxygen atoms in total. The maximum atomic E-state index is 12.3. The monoisotopic (exact) mass is 439 g/mol. The zero-order chi connectivity index (χ0) is 22.4. The summed E-state index contributed by atoms with van der Waals surface area (Å²) in [6.07, 6.45) is 2.33. The van der Waals surface area contributed by atoms with E-state index in [-0.39, 0.29) is 6.54 Å². The molecule has 3 aromatic rings. The van der Waals surface area contributed by atoms with E-state index >= 15 is 0 Å². The summed E-state index contributed by atoms with van der Waals surface area (Å²) in [6, 6.07) is 14.6. The number of amides is 2. The Morgan fingerprint density at radius 3 is 2.71 bits per heavy atom. The average Bonchev–Trinajstić information content (AvgIpc) is 3.13. The molecule has 2 amide bonds. The molecule has 1 atom stereocenters. The highest BCUT2D eigenvalue weighted by Crippen LogP contribution is 2.22. The number of nitrogens with zero attached hydrogens (tertiary/aromatic N) is 3. The topological polar surface area (TPSA) is 112 Å². The van der Waals surface area contributed by atoms with Crippen LogP contribution < -0.4 is 15.9 Å². The van der Waals surface area contributed by atoms with Gasteiger partial charge in [0.25, 0.3) is 5.91 Å². The Morgan fingerprint density at radius 1 is 1.29 bits per heavy atom. The average molecular weight is 440 g/mol. The number of carbonyl (C=O) groups is 2. The van der Waals surface area contributed by atoms with E-state index in [0.717, 1.165) is 11.1 Å². The first-order valence-corrected chi connectivity index (χ1v) is 9.88. The van der Waals surface area contributed by atoms with Crippen LogP contribution in [-0.4, -0.2) is 33.9 Å². The molecule has 1 heterocycles. The number of aromatic nitrogens is 2. The molecule has 1 unspecified atom stereocenters. The summed E-state index contributed by atoms with van der Waals surface area (Å²) >= 11 is 6.01. The number of halogens is 1. The Labute approximate surface area is 184 Å². The number of primary amides is 1. The quantitative estimate of drug-likeness (QED) is 0.415. The minimum Gasteiger partial charge on any atom is -0.481 e. The van der Waals surface area contributed by atoms with Crippen LogP contribution in [0.25, 0.3) is 11.3 Å². The molecule has 0 saturated heterocycles. The third-order valence-corrected chi connectivity index (χ3v) is 4.77. The van der Waals surface area contributed by atoms with Gasteiger partial charge in [-0.2, -0.15) is 10.2 Å². The fraction of sp³-hybridized carbons (Fsp3) is 0.182. The van der Waals surface area contributed by atoms with Crippen LogP contribution in [0.2, 0.25) is 5.02 Å². The van der Waals surface area contributed by atoms with Gasteiger partial charge in [-0.1, -0.05) is 41.9 Å². The predicted octanol–water partition coefficient (Wildman–Crippen LogP) is 2.91. The first-order chi connectivity index (χ1) is 14.8. The fourth-order valence-electron chi connectivity index (χ4n) is 2.80. The van der Waals surface area contributed by atoms with Crippen molar-refractivity contribution in [3.05, 3.63) is 70.9 Å². The Balaban J connectivity index is 1.70. The second-order valence-corrected chi connectivity index (χ2v) is 7.28. The van der Waals surface area contributed by atoms with Crippen molar-refractivity contribution < 1.29 is 14.3 Å². The molecule has 0 fully saturated rings. The summed E-state index contributed by atoms with van der Waals surface area (Å²) in [6.45, 7) is 3.41. The molecule has 0 radical (unpaired) electrons. The molecule has 3 N–H and O–H groups in total. The van der Waals surface area contributed by atoms with E-state index in [4.69, 9.17) is 22.1 Å². The SMILES string of the molecule is Cc1cc(OC(C)C(=O)N/N=C/c2cn(CC(N)=O)nc2-c2ccccc2)ccc1Cl. The lowest BCUT2D eigenvalue weighted by Crippen LogP contribution is -2.33. The largest absolute Gasteiger partial charge is 0.481 e. The number of aryl methyl sites for hydroxylation is 1. The number of hydrogen-bond acceptors (Lipinski definition) is 5. The Bertz CT molecular complexity index is 1110. The highest BCUT2D eigenvalue weighted by Gasteiger charge is 2.15. The lowest BCUT2D eigenvalue weighted by Gasteiger charge is -2.13. The second kappa shape index (κ2) is 9.90. The molecular formula is C22H22ClN5O3. The number of hydrogen-bond donors (Lipinski definition) is 2. The van der Waals surface area contributed by atoms with Gasteiger partial charge in [0, 0.05) is 22.3 Å². The smallest absolute Gasteiger partial charge is 0.280 e. The number of rotatable bonds is 8. The number of benzene rings is 2. The highest BCUT2D eigenvalue weighted by molar-refractivity contribution is 6.31. The summed E-state index contributed by atoms with van der Waals surface area (Å²) in [5.74, 6) is -0.399. The van der Waals surface area contributed by atoms with Gasteiger partial charge in [0.1, 0.15) is 18.0 Å². The lowest BCUT2D eigenvalue weighted by molar-refractivity contribution is -0.127. The van der Waals surface area contributed by atoms with Crippen molar-refractivity contribution in [2.45, 2.75) is 26.5 Å². The van der Waals surface area contributed by atoms with Gasteiger partial charge in [0.05, 0.1) is 6.21 Å². The van der Waals surface area contributed by atoms with Crippen molar-refractivity contribution in [3.63, 3.8) is 0 Å². The van der Waals surface area contributed by atoms with Crippen LogP contribution in [0.4, 0.5) is 0 Å². The summed E-state index contributed by atoms with van der Waals surface area (Å²) in [5, 5.41) is 9.05. The van der Waals surface area contributed by atoms with E-state index in [1.165, 1.54) is 10.9 Å². The minimum atomic E-state index is -0.774. The van der Waals surface area contributed by atoms with Crippen LogP contribution in [0.3, 0.4) is 0 Å². The Kier molecular flexibility index (Phi) is 7.04. The summed E-state index contributed by atoms with van der Waals surface area (Å²) < 4.78 is 7.08. The van der Waals surface area contributed by atoms with Gasteiger partial charge >= 0.3 is 0 Å². The predicted molar refractivity (Wildman–Crippen MR) is 119 cm³/mol. The van der Waals surface area contributed by atoms with Crippen LogP contribution in [0.15, 0.2) is 59.8 Å². The number of nitrogens with one attached hydrogen (secondary N) is 1. The van der Waals surface area contributed by atoms with Crippen LogP contribution in [0.5, 0.6) is 5.75 Å². The van der Waals surface area contributed by atoms with Gasteiger partial charge < -0.3 is 10.5 Å². The van der Waals surface area contributed by atoms with Crippen LogP contribution in [0, 0.1) is 6.92 Å². The number of carbonyl (C=O) groups excluding carboxylic acids is 2. The van der Waals surface area contributed by atoms with Gasteiger partial charge in [-0.15, -0.1) is 0 Å². The van der Waals surface area contributed by atoms with E-state index in [1.807, 2.05) is 37.3 Å². The van der Waals surface area contributed by atoms with Crippen molar-refractivity contribution >= 4 is 29.6 Å². The molecule has 1 aromatic heterocycles. The lowest BCUT2D eigenvalue weighted by atomic mass is 10.1. The zero-order valence-electron chi connectivity index (χ0n) is 17.1. The summed E-state index contributed by atoms with van der Waals surface area (Å²) in [4.78, 5) is 23.6. The molecule has 160 valence electrons. The van der Waals surface area contributed by atoms with E-state index in [2.05, 4.69) is 15.6 Å². The third kappa shape index (κ3) is 5.93. The van der Waals surface area contributed by atoms with Crippen LogP contribution >= 0.6 is 11.6 Å². The van der Waals surface area contributed by atoms with Gasteiger partial charge in [-0.3, -0.25) is 14.3 Å². The molecule has 0 spiro atoms. The van der Waals surface area contributed by atoms with Gasteiger partial charge in [-0.25, -0.2) is 5.43 Å². The first kappa shape index (κ1) is 22.0. The van der Waals surface area contributed by atoms with Gasteiger partial charge in [-0.05, 0) is 37.6 Å². The van der Waals surface area contributed by atoms with E-state index in [9.17, 15) is 9.59 Å². The number of nitrogens with two attached hydrogens (primary N) is 1. The summed E-state index contributed by atoms with van der Waals surface area (Å²) in [7, 11) is 0. The van der Waals surface area contributed by atoms with Crippen molar-refractivity contribution in [2.75, 3.05) is 0 Å². The molecule has 9 heteroatoms. The Morgan fingerprint density at radius 2 is 2.03 bits per heavy atom. The van der Waals surface area contributed by atoms with Gasteiger partial charge in [0.15, 0.2) is 6.10 Å². The van der Waals surface area contributed by atoms with Crippen molar-refractivity contribution in [1.29, 1.82) is 0 Å². The third-order valence-electron chi connectivity index (χ3n) is 4.34. The van der Waals surface area contributed by atoms with E-state index in [1.54, 1.807) is 31.3 Å².